The first-order chi connectivity index (χ1) is 14.9. The summed E-state index contributed by atoms with van der Waals surface area (Å²) in [5, 5.41) is 17.7. The van der Waals surface area contributed by atoms with Crippen LogP contribution in [0.25, 0.3) is 0 Å². The van der Waals surface area contributed by atoms with Crippen molar-refractivity contribution in [2.45, 2.75) is 13.5 Å². The third kappa shape index (κ3) is 41.9. The molecular weight excluding hydrogens is 534 g/mol. The van der Waals surface area contributed by atoms with Crippen molar-refractivity contribution in [1.82, 2.24) is 25.8 Å². The number of hydrogen-bond donors (Lipinski definition) is 3. The third-order valence-electron chi connectivity index (χ3n) is 3.28. The molecule has 1 aliphatic rings. The summed E-state index contributed by atoms with van der Waals surface area (Å²) in [5.41, 5.74) is 1.15. The van der Waals surface area contributed by atoms with E-state index in [0.717, 1.165) is 64.6 Å². The maximum atomic E-state index is 8.49. The molecule has 0 atom stereocenters. The van der Waals surface area contributed by atoms with E-state index < -0.39 is 20.5 Å². The molecule has 194 valence electrons. The fourth-order valence-electron chi connectivity index (χ4n) is 2.19. The summed E-state index contributed by atoms with van der Waals surface area (Å²) >= 11 is 0. The average molecular weight is 562 g/mol. The van der Waals surface area contributed by atoms with Crippen molar-refractivity contribution in [2.24, 2.45) is 0 Å². The van der Waals surface area contributed by atoms with Crippen LogP contribution in [0.4, 0.5) is 0 Å². The molecule has 17 heteroatoms. The van der Waals surface area contributed by atoms with Crippen LogP contribution in [-0.2, 0) is 23.0 Å². The Morgan fingerprint density at radius 2 is 1.21 bits per heavy atom. The summed E-state index contributed by atoms with van der Waals surface area (Å²) in [7, 11) is -9.89. The predicted octanol–water partition coefficient (Wildman–Crippen LogP) is -9.32. The zero-order chi connectivity index (χ0) is 24.9. The van der Waals surface area contributed by atoms with E-state index >= 15 is 0 Å². The maximum absolute atomic E-state index is 8.49. The first-order valence-corrected chi connectivity index (χ1v) is 11.6. The Balaban J connectivity index is -0.000000534. The molecule has 1 saturated heterocycles. The SMILES string of the molecule is CC#N.[Ni+2].[O-][Cl+3]([O-])([O-])[O-].[O-][Cl+3]([O-])([O-])[O-].c1ccc(CN2CCNCCNCCNCC2)nc1. The Morgan fingerprint density at radius 3 is 1.55 bits per heavy atom. The van der Waals surface area contributed by atoms with Gasteiger partial charge in [-0.3, -0.25) is 9.88 Å². The summed E-state index contributed by atoms with van der Waals surface area (Å²) in [6, 6.07) is 7.87. The van der Waals surface area contributed by atoms with Crippen molar-refractivity contribution in [3.05, 3.63) is 30.1 Å². The molecule has 1 aliphatic heterocycles. The van der Waals surface area contributed by atoms with Gasteiger partial charge in [0.1, 0.15) is 0 Å². The van der Waals surface area contributed by atoms with Gasteiger partial charge in [-0.25, -0.2) is 37.3 Å². The fourth-order valence-corrected chi connectivity index (χ4v) is 2.19. The van der Waals surface area contributed by atoms with Crippen LogP contribution in [-0.4, -0.2) is 62.2 Å². The maximum Gasteiger partial charge on any atom is 2.00 e. The van der Waals surface area contributed by atoms with Gasteiger partial charge in [-0.1, -0.05) is 6.07 Å². The van der Waals surface area contributed by atoms with Gasteiger partial charge >= 0.3 is 16.5 Å². The van der Waals surface area contributed by atoms with Gasteiger partial charge in [-0.05, 0) is 12.1 Å². The fraction of sp³-hybridized carbons (Fsp3) is 0.625. The number of nitrogens with one attached hydrogen (secondary N) is 3. The van der Waals surface area contributed by atoms with Gasteiger partial charge in [0.25, 0.3) is 0 Å². The molecule has 33 heavy (non-hydrogen) atoms. The number of aromatic nitrogens is 1. The van der Waals surface area contributed by atoms with E-state index in [1.54, 1.807) is 6.07 Å². The second-order valence-corrected chi connectivity index (χ2v) is 7.34. The Hall–Kier alpha value is -0.766. The van der Waals surface area contributed by atoms with Crippen LogP contribution in [0.3, 0.4) is 0 Å². The van der Waals surface area contributed by atoms with Crippen molar-refractivity contribution in [1.29, 1.82) is 5.26 Å². The smallest absolute Gasteiger partial charge is 0.314 e. The van der Waals surface area contributed by atoms with Crippen LogP contribution in [0, 0.1) is 31.8 Å². The second kappa shape index (κ2) is 23.0. The summed E-state index contributed by atoms with van der Waals surface area (Å²) in [5.74, 6) is 0. The molecule has 0 saturated carbocycles. The molecule has 0 bridgehead atoms. The topological polar surface area (TPSA) is 260 Å². The molecule has 0 aromatic carbocycles. The van der Waals surface area contributed by atoms with Crippen LogP contribution in [0.5, 0.6) is 0 Å². The summed E-state index contributed by atoms with van der Waals surface area (Å²) in [4.78, 5) is 6.87. The number of pyridine rings is 1. The van der Waals surface area contributed by atoms with Crippen molar-refractivity contribution in [3.8, 4) is 6.07 Å². The molecule has 1 aromatic rings. The summed E-state index contributed by atoms with van der Waals surface area (Å²) < 4.78 is 67.9. The molecule has 0 aliphatic carbocycles. The van der Waals surface area contributed by atoms with Crippen molar-refractivity contribution in [2.75, 3.05) is 52.4 Å². The standard InChI is InChI=1S/C14H25N5.C2H3N.2ClHO4.Ni/c1-2-4-18-14(3-1)13-19-11-9-16-7-5-15-6-8-17-10-12-19;1-2-3;2*2-1(3,4)5;/h1-4,15-17H,5-13H2;1H3;2*(H,2,3,4,5);/q;;;;+2/p-2. The Kier molecular flexibility index (Phi) is 25.6. The summed E-state index contributed by atoms with van der Waals surface area (Å²) in [6.07, 6.45) is 1.87. The molecule has 0 spiro atoms. The number of rotatable bonds is 2. The van der Waals surface area contributed by atoms with E-state index in [9.17, 15) is 0 Å². The van der Waals surface area contributed by atoms with Gasteiger partial charge in [-0.15, -0.1) is 20.5 Å². The van der Waals surface area contributed by atoms with E-state index in [2.05, 4.69) is 38.0 Å². The molecule has 2 heterocycles. The van der Waals surface area contributed by atoms with Crippen molar-refractivity contribution >= 4 is 0 Å². The number of nitrogens with zero attached hydrogens (tertiary/aromatic N) is 3. The van der Waals surface area contributed by atoms with Crippen LogP contribution in [0.1, 0.15) is 12.6 Å². The predicted molar refractivity (Wildman–Crippen MR) is 89.4 cm³/mol. The van der Waals surface area contributed by atoms with E-state index in [1.165, 1.54) is 6.92 Å². The van der Waals surface area contributed by atoms with Crippen LogP contribution in [0.15, 0.2) is 24.4 Å². The Morgan fingerprint density at radius 1 is 0.848 bits per heavy atom. The van der Waals surface area contributed by atoms with E-state index in [1.807, 2.05) is 12.3 Å². The molecule has 0 radical (unpaired) electrons. The van der Waals surface area contributed by atoms with Crippen LogP contribution in [0.2, 0.25) is 0 Å². The Labute approximate surface area is 207 Å². The van der Waals surface area contributed by atoms with Crippen LogP contribution >= 0.6 is 0 Å². The summed E-state index contributed by atoms with van der Waals surface area (Å²) in [6.45, 7) is 10.7. The Bertz CT molecular complexity index is 557. The first-order valence-electron chi connectivity index (χ1n) is 9.15. The second-order valence-electron chi connectivity index (χ2n) is 5.83. The quantitative estimate of drug-likeness (QED) is 0.283. The van der Waals surface area contributed by atoms with Gasteiger partial charge in [0.05, 0.1) is 11.8 Å². The molecular formula is C16H28Cl2N6NiO8. The van der Waals surface area contributed by atoms with Gasteiger partial charge in [0.2, 0.25) is 0 Å². The molecule has 1 aromatic heterocycles. The number of nitriles is 1. The normalized spacial score (nSPS) is 15.6. The minimum absolute atomic E-state index is 0. The van der Waals surface area contributed by atoms with Crippen molar-refractivity contribution in [3.63, 3.8) is 0 Å². The van der Waals surface area contributed by atoms with Crippen molar-refractivity contribution < 1.29 is 74.2 Å². The monoisotopic (exact) mass is 560 g/mol. The molecule has 0 unspecified atom stereocenters. The van der Waals surface area contributed by atoms with Crippen LogP contribution < -0.4 is 53.2 Å². The van der Waals surface area contributed by atoms with Gasteiger partial charge < -0.3 is 16.0 Å². The zero-order valence-electron chi connectivity index (χ0n) is 17.9. The molecule has 2 rings (SSSR count). The van der Waals surface area contributed by atoms with E-state index in [0.29, 0.717) is 0 Å². The minimum atomic E-state index is -4.94. The minimum Gasteiger partial charge on any atom is -0.314 e. The number of halogens is 2. The molecule has 1 fully saturated rings. The molecule has 14 nitrogen and oxygen atoms in total. The van der Waals surface area contributed by atoms with E-state index in [-0.39, 0.29) is 16.5 Å². The molecule has 3 N–H and O–H groups in total. The van der Waals surface area contributed by atoms with Gasteiger partial charge in [0.15, 0.2) is 0 Å². The zero-order valence-corrected chi connectivity index (χ0v) is 20.4. The largest absolute Gasteiger partial charge is 2.00 e. The van der Waals surface area contributed by atoms with Gasteiger partial charge in [-0.2, -0.15) is 5.26 Å². The molecule has 0 amide bonds. The first kappa shape index (κ1) is 36.8. The third-order valence-corrected chi connectivity index (χ3v) is 3.28. The average Bonchev–Trinajstić information content (AvgIpc) is 2.63. The van der Waals surface area contributed by atoms with Gasteiger partial charge in [0, 0.05) is 72.0 Å². The number of hydrogen-bond acceptors (Lipinski definition) is 14. The van der Waals surface area contributed by atoms with E-state index in [4.69, 9.17) is 42.5 Å².